The van der Waals surface area contributed by atoms with E-state index in [0.29, 0.717) is 28.9 Å². The molecule has 0 atom stereocenters. The number of hydrogen-bond donors (Lipinski definition) is 2. The van der Waals surface area contributed by atoms with Gasteiger partial charge in [-0.3, -0.25) is 4.79 Å². The molecule has 0 saturated carbocycles. The van der Waals surface area contributed by atoms with Crippen molar-refractivity contribution in [2.24, 2.45) is 5.73 Å². The summed E-state index contributed by atoms with van der Waals surface area (Å²) in [6.07, 6.45) is 0. The molecular formula is C17H16N2O3S. The fraction of sp³-hybridized carbons (Fsp3) is 0.176. The molecule has 6 heteroatoms. The van der Waals surface area contributed by atoms with Crippen LogP contribution >= 0.6 is 12.2 Å². The van der Waals surface area contributed by atoms with Crippen molar-refractivity contribution in [2.45, 2.75) is 0 Å². The van der Waals surface area contributed by atoms with Crippen LogP contribution in [-0.2, 0) is 4.79 Å². The highest BCUT2D eigenvalue weighted by Crippen LogP contribution is 2.28. The molecule has 3 N–H and O–H groups in total. The smallest absolute Gasteiger partial charge is 0.257 e. The molecule has 118 valence electrons. The minimum absolute atomic E-state index is 0.0665. The van der Waals surface area contributed by atoms with Crippen LogP contribution in [0.25, 0.3) is 21.9 Å². The summed E-state index contributed by atoms with van der Waals surface area (Å²) in [5.41, 5.74) is 6.77. The third-order valence-corrected chi connectivity index (χ3v) is 3.82. The van der Waals surface area contributed by atoms with Crippen LogP contribution in [0.5, 0.6) is 5.75 Å². The summed E-state index contributed by atoms with van der Waals surface area (Å²) in [6.45, 7) is 0.764. The van der Waals surface area contributed by atoms with Crippen molar-refractivity contribution >= 4 is 40.1 Å². The van der Waals surface area contributed by atoms with Crippen molar-refractivity contribution in [3.63, 3.8) is 0 Å². The molecule has 0 bridgehead atoms. The summed E-state index contributed by atoms with van der Waals surface area (Å²) in [5, 5.41) is 4.32. The molecule has 3 rings (SSSR count). The Bertz CT molecular complexity index is 920. The van der Waals surface area contributed by atoms with E-state index in [4.69, 9.17) is 27.1 Å². The largest absolute Gasteiger partial charge is 0.484 e. The van der Waals surface area contributed by atoms with Gasteiger partial charge in [0.05, 0.1) is 4.51 Å². The predicted molar refractivity (Wildman–Crippen MR) is 92.1 cm³/mol. The number of amides is 1. The lowest BCUT2D eigenvalue weighted by atomic mass is 10.1. The van der Waals surface area contributed by atoms with Gasteiger partial charge in [-0.15, -0.1) is 0 Å². The van der Waals surface area contributed by atoms with Gasteiger partial charge in [0.1, 0.15) is 16.9 Å². The van der Waals surface area contributed by atoms with Crippen molar-refractivity contribution in [1.82, 2.24) is 5.32 Å². The molecule has 1 aromatic heterocycles. The van der Waals surface area contributed by atoms with E-state index in [1.165, 1.54) is 0 Å². The summed E-state index contributed by atoms with van der Waals surface area (Å²) < 4.78 is 12.1. The maximum absolute atomic E-state index is 11.5. The zero-order valence-electron chi connectivity index (χ0n) is 12.4. The van der Waals surface area contributed by atoms with Crippen LogP contribution in [0.1, 0.15) is 0 Å². The molecule has 0 aliphatic heterocycles. The van der Waals surface area contributed by atoms with E-state index in [0.717, 1.165) is 16.4 Å². The van der Waals surface area contributed by atoms with Gasteiger partial charge >= 0.3 is 0 Å². The average Bonchev–Trinajstić information content (AvgIpc) is 2.58. The maximum Gasteiger partial charge on any atom is 0.257 e. The summed E-state index contributed by atoms with van der Waals surface area (Å²) in [6, 6.07) is 13.0. The summed E-state index contributed by atoms with van der Waals surface area (Å²) in [5.74, 6) is 0.356. The Morgan fingerprint density at radius 1 is 1.17 bits per heavy atom. The van der Waals surface area contributed by atoms with E-state index < -0.39 is 0 Å². The molecule has 0 fully saturated rings. The van der Waals surface area contributed by atoms with Gasteiger partial charge in [0.15, 0.2) is 6.61 Å². The molecule has 0 unspecified atom stereocenters. The van der Waals surface area contributed by atoms with Gasteiger partial charge < -0.3 is 20.2 Å². The van der Waals surface area contributed by atoms with Gasteiger partial charge in [0.25, 0.3) is 5.91 Å². The third-order valence-electron chi connectivity index (χ3n) is 3.38. The number of ether oxygens (including phenoxy) is 1. The quantitative estimate of drug-likeness (QED) is 0.556. The maximum atomic E-state index is 11.5. The zero-order valence-corrected chi connectivity index (χ0v) is 13.2. The zero-order chi connectivity index (χ0) is 16.2. The van der Waals surface area contributed by atoms with E-state index in [2.05, 4.69) is 5.32 Å². The first-order chi connectivity index (χ1) is 11.2. The van der Waals surface area contributed by atoms with E-state index >= 15 is 0 Å². The standard InChI is InChI=1S/C17H16N2O3S/c18-7-8-19-16(20)10-21-11-5-6-15-13(9-11)17(23)12-3-1-2-4-14(12)22-15/h1-6,9H,7-8,10,18H2,(H,19,20). The number of carbonyl (C=O) groups excluding carboxylic acids is 1. The highest BCUT2D eigenvalue weighted by Gasteiger charge is 2.07. The van der Waals surface area contributed by atoms with Crippen molar-refractivity contribution in [1.29, 1.82) is 0 Å². The molecule has 1 amide bonds. The Morgan fingerprint density at radius 3 is 2.78 bits per heavy atom. The molecule has 0 spiro atoms. The van der Waals surface area contributed by atoms with Crippen LogP contribution < -0.4 is 15.8 Å². The van der Waals surface area contributed by atoms with Gasteiger partial charge in [-0.05, 0) is 30.3 Å². The van der Waals surface area contributed by atoms with Crippen molar-refractivity contribution in [3.05, 3.63) is 47.0 Å². The first kappa shape index (κ1) is 15.5. The number of fused-ring (bicyclic) bond motifs is 2. The molecule has 0 aliphatic rings. The van der Waals surface area contributed by atoms with Crippen LogP contribution in [-0.4, -0.2) is 25.6 Å². The second-order valence-electron chi connectivity index (χ2n) is 5.01. The van der Waals surface area contributed by atoms with Crippen LogP contribution in [0.3, 0.4) is 0 Å². The third kappa shape index (κ3) is 3.33. The van der Waals surface area contributed by atoms with E-state index in [1.54, 1.807) is 18.2 Å². The van der Waals surface area contributed by atoms with E-state index in [9.17, 15) is 4.79 Å². The fourth-order valence-electron chi connectivity index (χ4n) is 2.28. The Hall–Kier alpha value is -2.44. The lowest BCUT2D eigenvalue weighted by molar-refractivity contribution is -0.123. The number of nitrogens with two attached hydrogens (primary N) is 1. The van der Waals surface area contributed by atoms with Crippen LogP contribution in [0.15, 0.2) is 46.9 Å². The first-order valence-electron chi connectivity index (χ1n) is 7.24. The Morgan fingerprint density at radius 2 is 1.96 bits per heavy atom. The van der Waals surface area contributed by atoms with Crippen LogP contribution in [0.4, 0.5) is 0 Å². The normalized spacial score (nSPS) is 10.8. The topological polar surface area (TPSA) is 77.5 Å². The van der Waals surface area contributed by atoms with Crippen molar-refractivity contribution in [2.75, 3.05) is 19.7 Å². The molecule has 2 aromatic carbocycles. The molecule has 3 aromatic rings. The highest BCUT2D eigenvalue weighted by atomic mass is 32.1. The molecule has 5 nitrogen and oxygen atoms in total. The molecule has 0 saturated heterocycles. The molecular weight excluding hydrogens is 312 g/mol. The number of nitrogens with one attached hydrogen (secondary N) is 1. The minimum Gasteiger partial charge on any atom is -0.484 e. The fourth-order valence-corrected chi connectivity index (χ4v) is 2.61. The summed E-state index contributed by atoms with van der Waals surface area (Å²) in [7, 11) is 0. The number of carbonyl (C=O) groups is 1. The van der Waals surface area contributed by atoms with Gasteiger partial charge in [-0.25, -0.2) is 0 Å². The molecule has 1 heterocycles. The lowest BCUT2D eigenvalue weighted by Crippen LogP contribution is -2.32. The Kier molecular flexibility index (Phi) is 4.55. The predicted octanol–water partition coefficient (Wildman–Crippen LogP) is 2.77. The number of para-hydroxylation sites is 1. The Labute approximate surface area is 138 Å². The van der Waals surface area contributed by atoms with Crippen LogP contribution in [0.2, 0.25) is 0 Å². The number of benzene rings is 2. The number of hydrogen-bond acceptors (Lipinski definition) is 5. The number of rotatable bonds is 5. The monoisotopic (exact) mass is 328 g/mol. The van der Waals surface area contributed by atoms with Gasteiger partial charge in [-0.1, -0.05) is 24.4 Å². The minimum atomic E-state index is -0.211. The average molecular weight is 328 g/mol. The summed E-state index contributed by atoms with van der Waals surface area (Å²) in [4.78, 5) is 11.5. The van der Waals surface area contributed by atoms with Crippen molar-refractivity contribution < 1.29 is 13.9 Å². The lowest BCUT2D eigenvalue weighted by Gasteiger charge is -2.08. The van der Waals surface area contributed by atoms with E-state index in [1.807, 2.05) is 24.3 Å². The first-order valence-corrected chi connectivity index (χ1v) is 7.65. The second kappa shape index (κ2) is 6.76. The molecule has 0 aliphatic carbocycles. The van der Waals surface area contributed by atoms with Crippen molar-refractivity contribution in [3.8, 4) is 5.75 Å². The molecule has 0 radical (unpaired) electrons. The summed E-state index contributed by atoms with van der Waals surface area (Å²) >= 11 is 5.54. The Balaban J connectivity index is 1.89. The van der Waals surface area contributed by atoms with Gasteiger partial charge in [0, 0.05) is 23.9 Å². The molecule has 23 heavy (non-hydrogen) atoms. The SMILES string of the molecule is NCCNC(=O)COc1ccc2oc3ccccc3c(=S)c2c1. The van der Waals surface area contributed by atoms with Crippen LogP contribution in [0, 0.1) is 4.51 Å². The van der Waals surface area contributed by atoms with Gasteiger partial charge in [-0.2, -0.15) is 0 Å². The second-order valence-corrected chi connectivity index (χ2v) is 5.42. The van der Waals surface area contributed by atoms with Gasteiger partial charge in [0.2, 0.25) is 0 Å². The highest BCUT2D eigenvalue weighted by molar-refractivity contribution is 7.72. The van der Waals surface area contributed by atoms with E-state index in [-0.39, 0.29) is 12.5 Å².